The van der Waals surface area contributed by atoms with Gasteiger partial charge in [-0.3, -0.25) is 0 Å². The number of hydrogen-bond acceptors (Lipinski definition) is 4. The van der Waals surface area contributed by atoms with E-state index in [2.05, 4.69) is 26.2 Å². The number of ether oxygens (including phenoxy) is 1. The molecule has 5 heteroatoms. The lowest BCUT2D eigenvalue weighted by Gasteiger charge is -2.23. The summed E-state index contributed by atoms with van der Waals surface area (Å²) >= 11 is 3.61. The van der Waals surface area contributed by atoms with Crippen molar-refractivity contribution in [2.24, 2.45) is 0 Å². The van der Waals surface area contributed by atoms with Crippen LogP contribution in [-0.4, -0.2) is 23.6 Å². The summed E-state index contributed by atoms with van der Waals surface area (Å²) in [5.74, 6) is 1.44. The molecule has 4 nitrogen and oxygen atoms in total. The van der Waals surface area contributed by atoms with Gasteiger partial charge in [0.25, 0.3) is 0 Å². The van der Waals surface area contributed by atoms with Crippen molar-refractivity contribution in [1.29, 1.82) is 0 Å². The molecule has 0 aliphatic carbocycles. The minimum atomic E-state index is -0.547. The second kappa shape index (κ2) is 6.54. The van der Waals surface area contributed by atoms with Crippen LogP contribution in [0.15, 0.2) is 34.8 Å². The summed E-state index contributed by atoms with van der Waals surface area (Å²) in [5, 5.41) is 3.27. The van der Waals surface area contributed by atoms with Gasteiger partial charge >= 0.3 is 0 Å². The summed E-state index contributed by atoms with van der Waals surface area (Å²) in [5.41, 5.74) is 1.36. The van der Waals surface area contributed by atoms with E-state index in [-0.39, 0.29) is 0 Å². The van der Waals surface area contributed by atoms with Gasteiger partial charge < -0.3 is 10.1 Å². The highest BCUT2D eigenvalue weighted by atomic mass is 79.9. The molecule has 0 aliphatic heterocycles. The average molecular weight is 350 g/mol. The van der Waals surface area contributed by atoms with Crippen molar-refractivity contribution >= 4 is 21.7 Å². The van der Waals surface area contributed by atoms with Crippen LogP contribution in [0.3, 0.4) is 0 Å². The van der Waals surface area contributed by atoms with Gasteiger partial charge in [-0.15, -0.1) is 0 Å². The normalized spacial score (nSPS) is 11.5. The van der Waals surface area contributed by atoms with Crippen molar-refractivity contribution in [2.45, 2.75) is 26.4 Å². The number of hydrogen-bond donors (Lipinski definition) is 1. The zero-order chi connectivity index (χ0) is 15.5. The predicted molar refractivity (Wildman–Crippen MR) is 89.4 cm³/mol. The van der Waals surface area contributed by atoms with E-state index in [4.69, 9.17) is 9.72 Å². The van der Waals surface area contributed by atoms with Gasteiger partial charge in [0.05, 0.1) is 10.2 Å². The van der Waals surface area contributed by atoms with Crippen molar-refractivity contribution in [3.8, 4) is 11.3 Å². The van der Waals surface area contributed by atoms with Crippen molar-refractivity contribution in [3.63, 3.8) is 0 Å². The van der Waals surface area contributed by atoms with Crippen LogP contribution in [0, 0.1) is 0 Å². The Morgan fingerprint density at radius 2 is 1.86 bits per heavy atom. The second-order valence-corrected chi connectivity index (χ2v) is 5.96. The van der Waals surface area contributed by atoms with Gasteiger partial charge in [-0.05, 0) is 36.7 Å². The maximum absolute atomic E-state index is 5.52. The molecule has 112 valence electrons. The van der Waals surface area contributed by atoms with Crippen molar-refractivity contribution in [1.82, 2.24) is 9.97 Å². The van der Waals surface area contributed by atoms with Crippen LogP contribution < -0.4 is 5.32 Å². The first-order valence-corrected chi connectivity index (χ1v) is 7.71. The first-order chi connectivity index (χ1) is 9.99. The fourth-order valence-corrected chi connectivity index (χ4v) is 2.43. The number of aromatic nitrogens is 2. The molecule has 0 saturated heterocycles. The molecule has 0 atom stereocenters. The predicted octanol–water partition coefficient (Wildman–Crippen LogP) is 4.22. The highest BCUT2D eigenvalue weighted by Crippen LogP contribution is 2.34. The molecule has 0 aliphatic rings. The Kier molecular flexibility index (Phi) is 4.96. The van der Waals surface area contributed by atoms with Crippen LogP contribution >= 0.6 is 15.9 Å². The molecule has 1 N–H and O–H groups in total. The highest BCUT2D eigenvalue weighted by Gasteiger charge is 2.26. The molecule has 1 heterocycles. The Bertz CT molecular complexity index is 614. The molecule has 1 aromatic carbocycles. The molecular weight excluding hydrogens is 330 g/mol. The minimum absolute atomic E-state index is 0.547. The molecule has 0 radical (unpaired) electrons. The molecule has 2 aromatic rings. The molecule has 0 spiro atoms. The van der Waals surface area contributed by atoms with E-state index in [1.165, 1.54) is 0 Å². The number of rotatable bonds is 5. The third-order valence-corrected chi connectivity index (χ3v) is 4.04. The van der Waals surface area contributed by atoms with E-state index in [1.54, 1.807) is 7.11 Å². The van der Waals surface area contributed by atoms with Gasteiger partial charge in [-0.1, -0.05) is 30.3 Å². The van der Waals surface area contributed by atoms with Crippen LogP contribution in [0.25, 0.3) is 11.3 Å². The summed E-state index contributed by atoms with van der Waals surface area (Å²) in [4.78, 5) is 9.30. The Labute approximate surface area is 134 Å². The number of nitrogens with zero attached hydrogens (tertiary/aromatic N) is 2. The number of methoxy groups -OCH3 is 1. The van der Waals surface area contributed by atoms with E-state index in [0.717, 1.165) is 28.1 Å². The molecule has 0 amide bonds. The van der Waals surface area contributed by atoms with E-state index >= 15 is 0 Å². The zero-order valence-electron chi connectivity index (χ0n) is 12.8. The second-order valence-electron chi connectivity index (χ2n) is 5.17. The Hall–Kier alpha value is -1.46. The van der Waals surface area contributed by atoms with Crippen molar-refractivity contribution in [3.05, 3.63) is 40.6 Å². The lowest BCUT2D eigenvalue weighted by molar-refractivity contribution is 0.0116. The largest absolute Gasteiger partial charge is 0.371 e. The third-order valence-electron chi connectivity index (χ3n) is 3.29. The summed E-state index contributed by atoms with van der Waals surface area (Å²) in [7, 11) is 1.67. The smallest absolute Gasteiger partial charge is 0.162 e. The van der Waals surface area contributed by atoms with E-state index in [0.29, 0.717) is 5.82 Å². The van der Waals surface area contributed by atoms with Gasteiger partial charge in [0.15, 0.2) is 5.82 Å². The molecule has 2 rings (SSSR count). The summed E-state index contributed by atoms with van der Waals surface area (Å²) in [6.07, 6.45) is 0. The first kappa shape index (κ1) is 15.9. The minimum Gasteiger partial charge on any atom is -0.371 e. The fourth-order valence-electron chi connectivity index (χ4n) is 1.88. The van der Waals surface area contributed by atoms with Crippen molar-refractivity contribution < 1.29 is 4.74 Å². The zero-order valence-corrected chi connectivity index (χ0v) is 14.4. The van der Waals surface area contributed by atoms with E-state index in [9.17, 15) is 0 Å². The average Bonchev–Trinajstić information content (AvgIpc) is 2.50. The molecular formula is C16H20BrN3O. The monoisotopic (exact) mass is 349 g/mol. The van der Waals surface area contributed by atoms with E-state index < -0.39 is 5.60 Å². The molecule has 0 saturated carbocycles. The fraction of sp³-hybridized carbons (Fsp3) is 0.375. The van der Waals surface area contributed by atoms with Gasteiger partial charge in [0, 0.05) is 19.2 Å². The lowest BCUT2D eigenvalue weighted by Crippen LogP contribution is -2.24. The van der Waals surface area contributed by atoms with Gasteiger partial charge in [-0.25, -0.2) is 9.97 Å². The van der Waals surface area contributed by atoms with Crippen LogP contribution in [-0.2, 0) is 10.3 Å². The SMILES string of the molecule is CCNc1nc(C(C)(C)OC)nc(-c2ccccc2)c1Br. The molecule has 21 heavy (non-hydrogen) atoms. The number of halogens is 1. The Balaban J connectivity index is 2.63. The summed E-state index contributed by atoms with van der Waals surface area (Å²) in [6, 6.07) is 10.1. The van der Waals surface area contributed by atoms with Gasteiger partial charge in [-0.2, -0.15) is 0 Å². The van der Waals surface area contributed by atoms with Crippen LogP contribution in [0.4, 0.5) is 5.82 Å². The Morgan fingerprint density at radius 1 is 1.19 bits per heavy atom. The third kappa shape index (κ3) is 3.41. The Morgan fingerprint density at radius 3 is 2.43 bits per heavy atom. The summed E-state index contributed by atoms with van der Waals surface area (Å²) in [6.45, 7) is 6.75. The molecule has 1 aromatic heterocycles. The number of anilines is 1. The van der Waals surface area contributed by atoms with E-state index in [1.807, 2.05) is 51.1 Å². The van der Waals surface area contributed by atoms with Gasteiger partial charge in [0.1, 0.15) is 11.4 Å². The molecule has 0 bridgehead atoms. The number of nitrogens with one attached hydrogen (secondary N) is 1. The van der Waals surface area contributed by atoms with Crippen LogP contribution in [0.2, 0.25) is 0 Å². The molecule has 0 unspecified atom stereocenters. The maximum atomic E-state index is 5.52. The quantitative estimate of drug-likeness (QED) is 0.877. The summed E-state index contributed by atoms with van der Waals surface area (Å²) < 4.78 is 6.39. The highest BCUT2D eigenvalue weighted by molar-refractivity contribution is 9.10. The lowest BCUT2D eigenvalue weighted by atomic mass is 10.1. The maximum Gasteiger partial charge on any atom is 0.162 e. The van der Waals surface area contributed by atoms with Gasteiger partial charge in [0.2, 0.25) is 0 Å². The van der Waals surface area contributed by atoms with Crippen molar-refractivity contribution in [2.75, 3.05) is 19.0 Å². The molecule has 0 fully saturated rings. The van der Waals surface area contributed by atoms with Crippen LogP contribution in [0.1, 0.15) is 26.6 Å². The topological polar surface area (TPSA) is 47.0 Å². The standard InChI is InChI=1S/C16H20BrN3O/c1-5-18-14-12(17)13(11-9-7-6-8-10-11)19-15(20-14)16(2,3)21-4/h6-10H,5H2,1-4H3,(H,18,19,20). The number of benzene rings is 1. The first-order valence-electron chi connectivity index (χ1n) is 6.92. The van der Waals surface area contributed by atoms with Crippen LogP contribution in [0.5, 0.6) is 0 Å².